The second kappa shape index (κ2) is 33.1. The Morgan fingerprint density at radius 1 is 0.700 bits per heavy atom. The fourth-order valence-electron chi connectivity index (χ4n) is 6.88. The van der Waals surface area contributed by atoms with Crippen LogP contribution in [0.4, 0.5) is 0 Å². The molecule has 7 N–H and O–H groups in total. The molecule has 352 valence electrons. The minimum absolute atomic E-state index is 0.0201. The van der Waals surface area contributed by atoms with Crippen molar-refractivity contribution in [2.75, 3.05) is 26.4 Å². The Morgan fingerprint density at radius 3 is 1.92 bits per heavy atom. The number of aliphatic hydroxyl groups is 4. The van der Waals surface area contributed by atoms with Crippen molar-refractivity contribution >= 4 is 27.6 Å². The van der Waals surface area contributed by atoms with E-state index in [2.05, 4.69) is 29.8 Å². The molecule has 0 aromatic heterocycles. The Labute approximate surface area is 358 Å². The fraction of sp³-hybridized carbons (Fsp3) is 0.857. The maximum absolute atomic E-state index is 12.7. The first-order valence-corrected chi connectivity index (χ1v) is 25.2. The molecule has 1 aliphatic rings. The van der Waals surface area contributed by atoms with Crippen molar-refractivity contribution in [3.8, 4) is 0 Å². The summed E-state index contributed by atoms with van der Waals surface area (Å²) in [6.45, 7) is 3.67. The standard InChI is InChI=1S/C42H78O16P2/c1-4-5-16-22-34(43)26-27-38-37(39(45)28-40(38)46)23-18-14-15-19-24-41(47)54-31-36(32-57-60(52,53)56-30-35(44)29-55-59(49,50)51)58-42(48)25-20-13-11-9-7-6-8-10-12-17-21-33(2)3/h14,18,26-27,33-40,43-46H,4-13,15-17,19-25,28-32H2,1-3H3,(H,52,53)(H2,49,50,51)/b18-14+,27-26+/t34-,35-,36+,37+,38+,39-,40+/m0/s1. The zero-order valence-electron chi connectivity index (χ0n) is 36.3. The lowest BCUT2D eigenvalue weighted by molar-refractivity contribution is -0.161. The smallest absolute Gasteiger partial charge is 0.462 e. The van der Waals surface area contributed by atoms with Gasteiger partial charge in [0.1, 0.15) is 12.7 Å². The van der Waals surface area contributed by atoms with Crippen LogP contribution in [-0.2, 0) is 41.8 Å². The Morgan fingerprint density at radius 2 is 1.28 bits per heavy atom. The number of phosphoric acid groups is 2. The number of phosphoric ester groups is 2. The maximum atomic E-state index is 12.7. The highest BCUT2D eigenvalue weighted by molar-refractivity contribution is 7.47. The number of esters is 2. The SMILES string of the molecule is CCCCC[C@H](O)/C=C/[C@@H]1[C@@H](C/C=C/CCCC(=O)OC[C@H](COP(=O)(O)OC[C@@H](O)COP(=O)(O)O)OC(=O)CCCCCCCCCCCCC(C)C)[C@@H](O)C[C@H]1O. The van der Waals surface area contributed by atoms with Crippen LogP contribution in [-0.4, -0.2) is 104 Å². The molecule has 18 heteroatoms. The molecule has 1 saturated carbocycles. The molecule has 16 nitrogen and oxygen atoms in total. The molecule has 1 fully saturated rings. The largest absolute Gasteiger partial charge is 0.472 e. The fourth-order valence-corrected chi connectivity index (χ4v) is 8.04. The average molecular weight is 901 g/mol. The molecule has 1 rings (SSSR count). The molecule has 1 aliphatic carbocycles. The molecule has 60 heavy (non-hydrogen) atoms. The summed E-state index contributed by atoms with van der Waals surface area (Å²) in [5.74, 6) is -0.952. The predicted octanol–water partition coefficient (Wildman–Crippen LogP) is 7.35. The van der Waals surface area contributed by atoms with Crippen molar-refractivity contribution in [3.05, 3.63) is 24.3 Å². The summed E-state index contributed by atoms with van der Waals surface area (Å²) in [6.07, 6.45) is 20.0. The molecule has 8 atom stereocenters. The Balaban J connectivity index is 2.57. The van der Waals surface area contributed by atoms with E-state index in [4.69, 9.17) is 23.8 Å². The third kappa shape index (κ3) is 30.5. The van der Waals surface area contributed by atoms with Gasteiger partial charge in [-0.1, -0.05) is 129 Å². The van der Waals surface area contributed by atoms with E-state index < -0.39 is 84.5 Å². The predicted molar refractivity (Wildman–Crippen MR) is 227 cm³/mol. The number of hydrogen-bond acceptors (Lipinski definition) is 13. The van der Waals surface area contributed by atoms with Gasteiger partial charge in [0.25, 0.3) is 0 Å². The minimum atomic E-state index is -4.89. The van der Waals surface area contributed by atoms with Gasteiger partial charge in [-0.3, -0.25) is 23.2 Å². The van der Waals surface area contributed by atoms with E-state index in [1.54, 1.807) is 6.08 Å². The monoisotopic (exact) mass is 900 g/mol. The highest BCUT2D eigenvalue weighted by Gasteiger charge is 2.39. The number of aliphatic hydroxyl groups excluding tert-OH is 4. The van der Waals surface area contributed by atoms with Gasteiger partial charge < -0.3 is 44.6 Å². The number of carbonyl (C=O) groups excluding carboxylic acids is 2. The van der Waals surface area contributed by atoms with E-state index in [1.807, 2.05) is 18.2 Å². The van der Waals surface area contributed by atoms with Crippen LogP contribution >= 0.6 is 15.6 Å². The number of hydrogen-bond donors (Lipinski definition) is 7. The number of unbranched alkanes of at least 4 members (excludes halogenated alkanes) is 12. The summed E-state index contributed by atoms with van der Waals surface area (Å²) in [6, 6.07) is 0. The van der Waals surface area contributed by atoms with Gasteiger partial charge in [0, 0.05) is 25.2 Å². The van der Waals surface area contributed by atoms with E-state index in [-0.39, 0.29) is 31.1 Å². The van der Waals surface area contributed by atoms with Crippen molar-refractivity contribution in [1.82, 2.24) is 0 Å². The van der Waals surface area contributed by atoms with Crippen LogP contribution in [0.3, 0.4) is 0 Å². The molecule has 0 amide bonds. The summed E-state index contributed by atoms with van der Waals surface area (Å²) in [4.78, 5) is 52.9. The van der Waals surface area contributed by atoms with Gasteiger partial charge >= 0.3 is 27.6 Å². The van der Waals surface area contributed by atoms with Gasteiger partial charge in [-0.2, -0.15) is 0 Å². The molecule has 0 aliphatic heterocycles. The summed E-state index contributed by atoms with van der Waals surface area (Å²) in [5, 5.41) is 41.1. The summed E-state index contributed by atoms with van der Waals surface area (Å²) >= 11 is 0. The van der Waals surface area contributed by atoms with Crippen LogP contribution in [0.15, 0.2) is 24.3 Å². The first-order valence-electron chi connectivity index (χ1n) is 22.1. The zero-order chi connectivity index (χ0) is 44.8. The van der Waals surface area contributed by atoms with Gasteiger partial charge in [-0.25, -0.2) is 9.13 Å². The van der Waals surface area contributed by atoms with Crippen LogP contribution in [0.1, 0.15) is 156 Å². The molecular formula is C42H78O16P2. The lowest BCUT2D eigenvalue weighted by atomic mass is 9.89. The highest BCUT2D eigenvalue weighted by Crippen LogP contribution is 2.44. The van der Waals surface area contributed by atoms with Crippen LogP contribution in [0, 0.1) is 17.8 Å². The topological polar surface area (TPSA) is 256 Å². The molecular weight excluding hydrogens is 822 g/mol. The molecule has 0 radical (unpaired) electrons. The molecule has 0 heterocycles. The van der Waals surface area contributed by atoms with Crippen molar-refractivity contribution in [2.45, 2.75) is 186 Å². The highest BCUT2D eigenvalue weighted by atomic mass is 31.2. The lowest BCUT2D eigenvalue weighted by Gasteiger charge is -2.20. The van der Waals surface area contributed by atoms with E-state index in [0.717, 1.165) is 50.9 Å². The quantitative estimate of drug-likeness (QED) is 0.0139. The second-order valence-electron chi connectivity index (χ2n) is 16.4. The van der Waals surface area contributed by atoms with E-state index in [0.29, 0.717) is 32.1 Å². The third-order valence-corrected chi connectivity index (χ3v) is 11.8. The average Bonchev–Trinajstić information content (AvgIpc) is 3.45. The minimum Gasteiger partial charge on any atom is -0.462 e. The van der Waals surface area contributed by atoms with Gasteiger partial charge in [0.15, 0.2) is 6.10 Å². The van der Waals surface area contributed by atoms with Crippen LogP contribution in [0.25, 0.3) is 0 Å². The summed E-state index contributed by atoms with van der Waals surface area (Å²) < 4.78 is 47.7. The van der Waals surface area contributed by atoms with E-state index in [1.165, 1.54) is 38.5 Å². The van der Waals surface area contributed by atoms with E-state index in [9.17, 15) is 44.0 Å². The van der Waals surface area contributed by atoms with Crippen LogP contribution in [0.2, 0.25) is 0 Å². The molecule has 1 unspecified atom stereocenters. The molecule has 0 saturated heterocycles. The summed E-state index contributed by atoms with van der Waals surface area (Å²) in [5.41, 5.74) is 0. The number of rotatable bonds is 37. The maximum Gasteiger partial charge on any atom is 0.472 e. The third-order valence-electron chi connectivity index (χ3n) is 10.3. The van der Waals surface area contributed by atoms with Crippen molar-refractivity contribution in [2.24, 2.45) is 17.8 Å². The van der Waals surface area contributed by atoms with Gasteiger partial charge in [-0.15, -0.1) is 0 Å². The number of carbonyl (C=O) groups is 2. The van der Waals surface area contributed by atoms with Crippen molar-refractivity contribution in [3.63, 3.8) is 0 Å². The molecule has 0 aromatic carbocycles. The normalized spacial score (nSPS) is 21.1. The van der Waals surface area contributed by atoms with Crippen molar-refractivity contribution < 1.29 is 76.9 Å². The first-order chi connectivity index (χ1) is 28.4. The molecule has 0 bridgehead atoms. The number of allylic oxidation sites excluding steroid dienone is 2. The van der Waals surface area contributed by atoms with Crippen LogP contribution < -0.4 is 0 Å². The Kier molecular flexibility index (Phi) is 31.1. The van der Waals surface area contributed by atoms with Crippen LogP contribution in [0.5, 0.6) is 0 Å². The molecule has 0 aromatic rings. The zero-order valence-corrected chi connectivity index (χ0v) is 38.1. The van der Waals surface area contributed by atoms with Crippen molar-refractivity contribution in [1.29, 1.82) is 0 Å². The van der Waals surface area contributed by atoms with Gasteiger partial charge in [0.2, 0.25) is 0 Å². The summed E-state index contributed by atoms with van der Waals surface area (Å²) in [7, 11) is -9.75. The van der Waals surface area contributed by atoms with E-state index >= 15 is 0 Å². The van der Waals surface area contributed by atoms with Gasteiger partial charge in [0.05, 0.1) is 38.1 Å². The first kappa shape index (κ1) is 56.5. The number of ether oxygens (including phenoxy) is 2. The lowest BCUT2D eigenvalue weighted by Crippen LogP contribution is -2.30. The Hall–Kier alpha value is -1.52. The second-order valence-corrected chi connectivity index (χ2v) is 19.1. The van der Waals surface area contributed by atoms with Gasteiger partial charge in [-0.05, 0) is 43.9 Å². The molecule has 0 spiro atoms. The Bertz CT molecular complexity index is 1290.